The highest BCUT2D eigenvalue weighted by atomic mass is 16.2. The fourth-order valence-electron chi connectivity index (χ4n) is 4.26. The van der Waals surface area contributed by atoms with Gasteiger partial charge in [-0.2, -0.15) is 0 Å². The molecule has 1 fully saturated rings. The van der Waals surface area contributed by atoms with Crippen molar-refractivity contribution in [3.8, 4) is 0 Å². The molecule has 174 valence electrons. The van der Waals surface area contributed by atoms with Gasteiger partial charge in [0.05, 0.1) is 0 Å². The lowest BCUT2D eigenvalue weighted by Crippen LogP contribution is -2.27. The third-order valence-corrected chi connectivity index (χ3v) is 6.28. The zero-order chi connectivity index (χ0) is 21.5. The molecule has 1 aliphatic rings. The van der Waals surface area contributed by atoms with E-state index in [0.717, 1.165) is 45.2 Å². The van der Waals surface area contributed by atoms with E-state index >= 15 is 0 Å². The molecule has 0 radical (unpaired) electrons. The van der Waals surface area contributed by atoms with Gasteiger partial charge in [0, 0.05) is 19.5 Å². The van der Waals surface area contributed by atoms with E-state index in [9.17, 15) is 4.79 Å². The number of hydrogen-bond donors (Lipinski definition) is 0. The van der Waals surface area contributed by atoms with Crippen molar-refractivity contribution in [1.82, 2.24) is 4.90 Å². The second-order valence-corrected chi connectivity index (χ2v) is 9.18. The van der Waals surface area contributed by atoms with E-state index < -0.39 is 0 Å². The van der Waals surface area contributed by atoms with Gasteiger partial charge in [-0.15, -0.1) is 0 Å². The van der Waals surface area contributed by atoms with E-state index in [-0.39, 0.29) is 0 Å². The van der Waals surface area contributed by atoms with Crippen molar-refractivity contribution in [1.29, 1.82) is 0 Å². The predicted molar refractivity (Wildman–Crippen MR) is 133 cm³/mol. The summed E-state index contributed by atoms with van der Waals surface area (Å²) in [7, 11) is 0. The van der Waals surface area contributed by atoms with Gasteiger partial charge < -0.3 is 4.90 Å². The second kappa shape index (κ2) is 21.2. The Bertz CT molecular complexity index is 434. The van der Waals surface area contributed by atoms with Crippen molar-refractivity contribution in [3.05, 3.63) is 24.3 Å². The van der Waals surface area contributed by atoms with Gasteiger partial charge >= 0.3 is 0 Å². The highest BCUT2D eigenvalue weighted by Gasteiger charge is 2.16. The first kappa shape index (κ1) is 27.0. The average Bonchev–Trinajstić information content (AvgIpc) is 3.30. The quantitative estimate of drug-likeness (QED) is 0.143. The normalized spacial score (nSPS) is 14.5. The first-order valence-corrected chi connectivity index (χ1v) is 13.4. The fourth-order valence-corrected chi connectivity index (χ4v) is 4.26. The number of carbonyl (C=O) groups is 1. The first-order valence-electron chi connectivity index (χ1n) is 13.4. The van der Waals surface area contributed by atoms with Crippen LogP contribution in [0.4, 0.5) is 0 Å². The Labute approximate surface area is 188 Å². The number of carbonyl (C=O) groups excluding carboxylic acids is 1. The first-order chi connectivity index (χ1) is 14.8. The van der Waals surface area contributed by atoms with Gasteiger partial charge in [-0.1, -0.05) is 102 Å². The maximum absolute atomic E-state index is 11.9. The molecule has 0 N–H and O–H groups in total. The molecule has 1 rings (SSSR count). The molecule has 0 spiro atoms. The number of unbranched alkanes of at least 4 members (excludes halogenated alkanes) is 14. The van der Waals surface area contributed by atoms with Crippen molar-refractivity contribution >= 4 is 5.91 Å². The summed E-state index contributed by atoms with van der Waals surface area (Å²) in [6, 6.07) is 0. The molecule has 1 aliphatic heterocycles. The number of rotatable bonds is 20. The van der Waals surface area contributed by atoms with Crippen molar-refractivity contribution in [2.75, 3.05) is 13.1 Å². The standard InChI is InChI=1S/C28H51NO/c1-2-3-4-5-6-7-8-9-10-11-12-13-14-15-16-17-18-19-20-21-22-25-28(30)29-26-23-24-27-29/h15-16,19-20H,2-14,17-18,21-27H2,1H3/b16-15+,20-19+. The van der Waals surface area contributed by atoms with Gasteiger partial charge in [0.15, 0.2) is 0 Å². The minimum Gasteiger partial charge on any atom is -0.343 e. The van der Waals surface area contributed by atoms with E-state index in [0.29, 0.717) is 5.91 Å². The molecule has 0 bridgehead atoms. The van der Waals surface area contributed by atoms with Crippen LogP contribution in [0.3, 0.4) is 0 Å². The van der Waals surface area contributed by atoms with E-state index in [2.05, 4.69) is 31.2 Å². The lowest BCUT2D eigenvalue weighted by atomic mass is 10.0. The summed E-state index contributed by atoms with van der Waals surface area (Å²) < 4.78 is 0. The van der Waals surface area contributed by atoms with Crippen LogP contribution in [0.1, 0.15) is 135 Å². The maximum Gasteiger partial charge on any atom is 0.222 e. The number of amides is 1. The minimum atomic E-state index is 0.363. The maximum atomic E-state index is 11.9. The van der Waals surface area contributed by atoms with Crippen molar-refractivity contribution in [3.63, 3.8) is 0 Å². The highest BCUT2D eigenvalue weighted by Crippen LogP contribution is 2.13. The van der Waals surface area contributed by atoms with E-state index in [4.69, 9.17) is 0 Å². The van der Waals surface area contributed by atoms with Crippen molar-refractivity contribution in [2.45, 2.75) is 135 Å². The Balaban J connectivity index is 1.75. The molecule has 2 heteroatoms. The highest BCUT2D eigenvalue weighted by molar-refractivity contribution is 5.76. The smallest absolute Gasteiger partial charge is 0.222 e. The molecular formula is C28H51NO. The summed E-state index contributed by atoms with van der Waals surface area (Å²) in [4.78, 5) is 14.0. The van der Waals surface area contributed by atoms with Crippen LogP contribution in [-0.2, 0) is 4.79 Å². The molecule has 2 nitrogen and oxygen atoms in total. The molecule has 0 unspecified atom stereocenters. The second-order valence-electron chi connectivity index (χ2n) is 9.18. The van der Waals surface area contributed by atoms with Crippen molar-refractivity contribution in [2.24, 2.45) is 0 Å². The zero-order valence-corrected chi connectivity index (χ0v) is 20.2. The Kier molecular flexibility index (Phi) is 19.1. The number of allylic oxidation sites excluding steroid dienone is 4. The largest absolute Gasteiger partial charge is 0.343 e. The van der Waals surface area contributed by atoms with Gasteiger partial charge in [-0.05, 0) is 51.4 Å². The van der Waals surface area contributed by atoms with E-state index in [1.165, 1.54) is 96.3 Å². The third-order valence-electron chi connectivity index (χ3n) is 6.28. The number of likely N-dealkylation sites (tertiary alicyclic amines) is 1. The van der Waals surface area contributed by atoms with Gasteiger partial charge in [-0.3, -0.25) is 4.79 Å². The monoisotopic (exact) mass is 417 g/mol. The predicted octanol–water partition coefficient (Wildman–Crippen LogP) is 8.76. The van der Waals surface area contributed by atoms with Crippen LogP contribution in [-0.4, -0.2) is 23.9 Å². The van der Waals surface area contributed by atoms with Gasteiger partial charge in [0.25, 0.3) is 0 Å². The Morgan fingerprint density at radius 1 is 0.600 bits per heavy atom. The van der Waals surface area contributed by atoms with Crippen LogP contribution >= 0.6 is 0 Å². The number of hydrogen-bond acceptors (Lipinski definition) is 1. The zero-order valence-electron chi connectivity index (χ0n) is 20.2. The van der Waals surface area contributed by atoms with Gasteiger partial charge in [0.1, 0.15) is 0 Å². The third kappa shape index (κ3) is 16.7. The van der Waals surface area contributed by atoms with Crippen LogP contribution in [0.5, 0.6) is 0 Å². The van der Waals surface area contributed by atoms with Crippen LogP contribution in [0.15, 0.2) is 24.3 Å². The minimum absolute atomic E-state index is 0.363. The molecule has 0 aliphatic carbocycles. The number of nitrogens with zero attached hydrogens (tertiary/aromatic N) is 1. The van der Waals surface area contributed by atoms with Crippen molar-refractivity contribution < 1.29 is 4.79 Å². The summed E-state index contributed by atoms with van der Waals surface area (Å²) in [6.45, 7) is 4.26. The van der Waals surface area contributed by atoms with E-state index in [1.807, 2.05) is 4.90 Å². The average molecular weight is 418 g/mol. The Hall–Kier alpha value is -1.05. The SMILES string of the molecule is CCCCCCCCCCCCCC/C=C/CC/C=C/CCCC(=O)N1CCCC1. The Morgan fingerprint density at radius 2 is 1.03 bits per heavy atom. The van der Waals surface area contributed by atoms with Crippen LogP contribution in [0.2, 0.25) is 0 Å². The molecular weight excluding hydrogens is 366 g/mol. The van der Waals surface area contributed by atoms with Crippen LogP contribution < -0.4 is 0 Å². The Morgan fingerprint density at radius 3 is 1.57 bits per heavy atom. The molecule has 1 saturated heterocycles. The molecule has 1 heterocycles. The molecule has 0 aromatic heterocycles. The van der Waals surface area contributed by atoms with Crippen LogP contribution in [0.25, 0.3) is 0 Å². The molecule has 30 heavy (non-hydrogen) atoms. The topological polar surface area (TPSA) is 20.3 Å². The van der Waals surface area contributed by atoms with Crippen LogP contribution in [0, 0.1) is 0 Å². The molecule has 0 aromatic rings. The summed E-state index contributed by atoms with van der Waals surface area (Å²) in [5, 5.41) is 0. The summed E-state index contributed by atoms with van der Waals surface area (Å²) in [5.74, 6) is 0.363. The summed E-state index contributed by atoms with van der Waals surface area (Å²) in [6.07, 6.45) is 35.1. The molecule has 0 saturated carbocycles. The van der Waals surface area contributed by atoms with Gasteiger partial charge in [-0.25, -0.2) is 0 Å². The molecule has 1 amide bonds. The molecule has 0 aromatic carbocycles. The lowest BCUT2D eigenvalue weighted by molar-refractivity contribution is -0.130. The summed E-state index contributed by atoms with van der Waals surface area (Å²) in [5.41, 5.74) is 0. The summed E-state index contributed by atoms with van der Waals surface area (Å²) >= 11 is 0. The fraction of sp³-hybridized carbons (Fsp3) is 0.821. The van der Waals surface area contributed by atoms with E-state index in [1.54, 1.807) is 0 Å². The van der Waals surface area contributed by atoms with Gasteiger partial charge in [0.2, 0.25) is 5.91 Å². The lowest BCUT2D eigenvalue weighted by Gasteiger charge is -2.14. The molecule has 0 atom stereocenters.